The van der Waals surface area contributed by atoms with Crippen LogP contribution in [0.5, 0.6) is 5.75 Å². The minimum absolute atomic E-state index is 0.0273. The monoisotopic (exact) mass is 388 g/mol. The highest BCUT2D eigenvalue weighted by atomic mass is 16.6. The van der Waals surface area contributed by atoms with E-state index in [9.17, 15) is 9.59 Å². The van der Waals surface area contributed by atoms with E-state index < -0.39 is 5.60 Å². The molecule has 3 aliphatic rings. The molecule has 1 aromatic carbocycles. The van der Waals surface area contributed by atoms with Crippen LogP contribution in [0.3, 0.4) is 0 Å². The molecule has 1 aromatic rings. The van der Waals surface area contributed by atoms with Crippen LogP contribution in [-0.4, -0.2) is 41.2 Å². The lowest BCUT2D eigenvalue weighted by Gasteiger charge is -2.49. The van der Waals surface area contributed by atoms with E-state index in [2.05, 4.69) is 5.32 Å². The number of ether oxygens (including phenoxy) is 2. The molecular formula is C22H32N2O4. The Morgan fingerprint density at radius 2 is 1.82 bits per heavy atom. The zero-order valence-electron chi connectivity index (χ0n) is 17.5. The highest BCUT2D eigenvalue weighted by molar-refractivity contribution is 5.93. The van der Waals surface area contributed by atoms with Gasteiger partial charge >= 0.3 is 6.09 Å². The summed E-state index contributed by atoms with van der Waals surface area (Å²) in [5.74, 6) is 0.906. The summed E-state index contributed by atoms with van der Waals surface area (Å²) in [6.45, 7) is 10.2. The van der Waals surface area contributed by atoms with E-state index in [1.807, 2.05) is 58.9 Å². The van der Waals surface area contributed by atoms with E-state index in [1.54, 1.807) is 4.90 Å². The number of anilines is 1. The molecule has 1 aliphatic carbocycles. The quantitative estimate of drug-likeness (QED) is 0.827. The van der Waals surface area contributed by atoms with Gasteiger partial charge in [0.05, 0.1) is 12.0 Å². The van der Waals surface area contributed by atoms with Crippen LogP contribution in [0.2, 0.25) is 0 Å². The lowest BCUT2D eigenvalue weighted by molar-refractivity contribution is -0.126. The second-order valence-corrected chi connectivity index (χ2v) is 9.17. The standard InChI is InChI=1S/C22H32N2O4/c1-14(2)27-17-9-7-16(8-10-17)23-20(25)18-12-15-6-11-19(18)24(13-15)21(26)28-22(3,4)5/h7-10,14-15,18-19H,6,11-13H2,1-5H3,(H,23,25). The van der Waals surface area contributed by atoms with Gasteiger partial charge in [0.1, 0.15) is 11.4 Å². The number of fused-ring (bicyclic) bond motifs is 3. The zero-order valence-corrected chi connectivity index (χ0v) is 17.5. The molecule has 2 saturated heterocycles. The van der Waals surface area contributed by atoms with Gasteiger partial charge in [-0.05, 0) is 84.1 Å². The normalized spacial score (nSPS) is 24.2. The fourth-order valence-electron chi connectivity index (χ4n) is 4.13. The SMILES string of the molecule is CC(C)Oc1ccc(NC(=O)C2CC3CCC2N(C(=O)OC(C)(C)C)C3)cc1. The van der Waals surface area contributed by atoms with E-state index >= 15 is 0 Å². The molecule has 28 heavy (non-hydrogen) atoms. The lowest BCUT2D eigenvalue weighted by Crippen LogP contribution is -2.58. The molecule has 2 aliphatic heterocycles. The molecule has 4 rings (SSSR count). The summed E-state index contributed by atoms with van der Waals surface area (Å²) in [6.07, 6.45) is 2.54. The van der Waals surface area contributed by atoms with Crippen LogP contribution in [0.4, 0.5) is 10.5 Å². The Bertz CT molecular complexity index is 708. The Labute approximate surface area is 167 Å². The fourth-order valence-corrected chi connectivity index (χ4v) is 4.13. The van der Waals surface area contributed by atoms with Crippen molar-refractivity contribution in [2.45, 2.75) is 71.6 Å². The third kappa shape index (κ3) is 4.97. The average Bonchev–Trinajstić information content (AvgIpc) is 2.61. The van der Waals surface area contributed by atoms with Crippen molar-refractivity contribution in [3.8, 4) is 5.75 Å². The molecule has 2 bridgehead atoms. The molecule has 0 aromatic heterocycles. The van der Waals surface area contributed by atoms with Gasteiger partial charge in [0.15, 0.2) is 0 Å². The van der Waals surface area contributed by atoms with Crippen LogP contribution >= 0.6 is 0 Å². The minimum Gasteiger partial charge on any atom is -0.491 e. The molecule has 3 unspecified atom stereocenters. The molecule has 1 saturated carbocycles. The molecule has 2 heterocycles. The Morgan fingerprint density at radius 3 is 2.39 bits per heavy atom. The summed E-state index contributed by atoms with van der Waals surface area (Å²) in [4.78, 5) is 27.3. The first-order chi connectivity index (χ1) is 13.1. The van der Waals surface area contributed by atoms with Gasteiger partial charge < -0.3 is 19.7 Å². The summed E-state index contributed by atoms with van der Waals surface area (Å²) in [5, 5.41) is 3.01. The third-order valence-corrected chi connectivity index (χ3v) is 5.24. The van der Waals surface area contributed by atoms with Crippen molar-refractivity contribution in [2.24, 2.45) is 11.8 Å². The summed E-state index contributed by atoms with van der Waals surface area (Å²) in [7, 11) is 0. The summed E-state index contributed by atoms with van der Waals surface area (Å²) < 4.78 is 11.2. The summed E-state index contributed by atoms with van der Waals surface area (Å²) in [6, 6.07) is 7.32. The number of benzene rings is 1. The number of nitrogens with one attached hydrogen (secondary N) is 1. The maximum absolute atomic E-state index is 13.0. The summed E-state index contributed by atoms with van der Waals surface area (Å²) in [5.41, 5.74) is 0.206. The van der Waals surface area contributed by atoms with Crippen molar-refractivity contribution in [2.75, 3.05) is 11.9 Å². The van der Waals surface area contributed by atoms with Crippen molar-refractivity contribution >= 4 is 17.7 Å². The number of amides is 2. The number of carbonyl (C=O) groups excluding carboxylic acids is 2. The van der Waals surface area contributed by atoms with Gasteiger partial charge in [0.25, 0.3) is 0 Å². The zero-order chi connectivity index (χ0) is 20.5. The average molecular weight is 389 g/mol. The first kappa shape index (κ1) is 20.5. The number of nitrogens with zero attached hydrogens (tertiary/aromatic N) is 1. The van der Waals surface area contributed by atoms with Crippen LogP contribution < -0.4 is 10.1 Å². The van der Waals surface area contributed by atoms with Crippen LogP contribution in [0.15, 0.2) is 24.3 Å². The second-order valence-electron chi connectivity index (χ2n) is 9.17. The second kappa shape index (κ2) is 8.02. The predicted octanol–water partition coefficient (Wildman–Crippen LogP) is 4.45. The van der Waals surface area contributed by atoms with Crippen LogP contribution in [-0.2, 0) is 9.53 Å². The molecule has 3 fully saturated rings. The van der Waals surface area contributed by atoms with Crippen molar-refractivity contribution in [1.29, 1.82) is 0 Å². The molecule has 2 amide bonds. The molecule has 0 radical (unpaired) electrons. The fraction of sp³-hybridized carbons (Fsp3) is 0.636. The molecule has 154 valence electrons. The van der Waals surface area contributed by atoms with Gasteiger partial charge in [0, 0.05) is 18.3 Å². The first-order valence-corrected chi connectivity index (χ1v) is 10.2. The number of rotatable bonds is 4. The largest absolute Gasteiger partial charge is 0.491 e. The van der Waals surface area contributed by atoms with Gasteiger partial charge in [-0.25, -0.2) is 4.79 Å². The molecule has 0 spiro atoms. The van der Waals surface area contributed by atoms with Crippen molar-refractivity contribution in [3.05, 3.63) is 24.3 Å². The van der Waals surface area contributed by atoms with E-state index in [4.69, 9.17) is 9.47 Å². The van der Waals surface area contributed by atoms with Crippen LogP contribution in [0.25, 0.3) is 0 Å². The Morgan fingerprint density at radius 1 is 1.14 bits per heavy atom. The molecule has 6 nitrogen and oxygen atoms in total. The van der Waals surface area contributed by atoms with E-state index in [-0.39, 0.29) is 30.1 Å². The number of hydrogen-bond acceptors (Lipinski definition) is 4. The van der Waals surface area contributed by atoms with Crippen molar-refractivity contribution < 1.29 is 19.1 Å². The van der Waals surface area contributed by atoms with E-state index in [0.29, 0.717) is 12.5 Å². The Hall–Kier alpha value is -2.24. The van der Waals surface area contributed by atoms with Crippen molar-refractivity contribution in [1.82, 2.24) is 4.90 Å². The maximum atomic E-state index is 13.0. The maximum Gasteiger partial charge on any atom is 0.410 e. The smallest absolute Gasteiger partial charge is 0.410 e. The van der Waals surface area contributed by atoms with Gasteiger partial charge in [-0.3, -0.25) is 4.79 Å². The van der Waals surface area contributed by atoms with E-state index in [1.165, 1.54) is 0 Å². The Balaban J connectivity index is 1.65. The number of piperidine rings is 2. The lowest BCUT2D eigenvalue weighted by atomic mass is 9.72. The number of carbonyl (C=O) groups is 2. The predicted molar refractivity (Wildman–Crippen MR) is 108 cm³/mol. The van der Waals surface area contributed by atoms with Gasteiger partial charge in [0.2, 0.25) is 5.91 Å². The molecule has 1 N–H and O–H groups in total. The minimum atomic E-state index is -0.536. The van der Waals surface area contributed by atoms with E-state index in [0.717, 1.165) is 30.7 Å². The third-order valence-electron chi connectivity index (χ3n) is 5.24. The molecular weight excluding hydrogens is 356 g/mol. The molecule has 6 heteroatoms. The first-order valence-electron chi connectivity index (χ1n) is 10.2. The van der Waals surface area contributed by atoms with Gasteiger partial charge in [-0.15, -0.1) is 0 Å². The highest BCUT2D eigenvalue weighted by Crippen LogP contribution is 2.40. The molecule has 3 atom stereocenters. The van der Waals surface area contributed by atoms with Crippen LogP contribution in [0, 0.1) is 11.8 Å². The number of hydrogen-bond donors (Lipinski definition) is 1. The van der Waals surface area contributed by atoms with Gasteiger partial charge in [-0.1, -0.05) is 0 Å². The summed E-state index contributed by atoms with van der Waals surface area (Å²) >= 11 is 0. The highest BCUT2D eigenvalue weighted by Gasteiger charge is 2.46. The van der Waals surface area contributed by atoms with Crippen LogP contribution in [0.1, 0.15) is 53.9 Å². The van der Waals surface area contributed by atoms with Gasteiger partial charge in [-0.2, -0.15) is 0 Å². The van der Waals surface area contributed by atoms with Crippen molar-refractivity contribution in [3.63, 3.8) is 0 Å². The Kier molecular flexibility index (Phi) is 5.87. The topological polar surface area (TPSA) is 67.9 Å².